The first-order chi connectivity index (χ1) is 12.7. The second kappa shape index (κ2) is 11.1. The SMILES string of the molecule is CCOc1cc(CNCCCOC)c(Cl)cc1OCc1ccccc1C. The van der Waals surface area contributed by atoms with Crippen LogP contribution in [0.2, 0.25) is 5.02 Å². The molecular weight excluding hydrogens is 350 g/mol. The van der Waals surface area contributed by atoms with Gasteiger partial charge in [0.2, 0.25) is 0 Å². The van der Waals surface area contributed by atoms with Gasteiger partial charge in [0, 0.05) is 31.4 Å². The maximum absolute atomic E-state index is 6.45. The summed E-state index contributed by atoms with van der Waals surface area (Å²) in [5, 5.41) is 4.04. The highest BCUT2D eigenvalue weighted by Crippen LogP contribution is 2.34. The fraction of sp³-hybridized carbons (Fsp3) is 0.429. The van der Waals surface area contributed by atoms with Crippen molar-refractivity contribution in [3.8, 4) is 11.5 Å². The Kier molecular flexibility index (Phi) is 8.75. The fourth-order valence-corrected chi connectivity index (χ4v) is 2.81. The molecule has 0 aliphatic heterocycles. The highest BCUT2D eigenvalue weighted by Gasteiger charge is 2.12. The number of ether oxygens (including phenoxy) is 3. The summed E-state index contributed by atoms with van der Waals surface area (Å²) in [6, 6.07) is 12.0. The number of benzene rings is 2. The van der Waals surface area contributed by atoms with Gasteiger partial charge in [0.05, 0.1) is 6.61 Å². The van der Waals surface area contributed by atoms with E-state index in [9.17, 15) is 0 Å². The van der Waals surface area contributed by atoms with Crippen molar-refractivity contribution in [2.24, 2.45) is 0 Å². The van der Waals surface area contributed by atoms with E-state index in [2.05, 4.69) is 24.4 Å². The van der Waals surface area contributed by atoms with Gasteiger partial charge < -0.3 is 19.5 Å². The third kappa shape index (κ3) is 6.20. The molecule has 0 aliphatic carbocycles. The maximum atomic E-state index is 6.45. The molecular formula is C21H28ClNO3. The van der Waals surface area contributed by atoms with Crippen molar-refractivity contribution in [1.29, 1.82) is 0 Å². The number of aryl methyl sites for hydroxylation is 1. The number of hydrogen-bond donors (Lipinski definition) is 1. The minimum atomic E-state index is 0.484. The lowest BCUT2D eigenvalue weighted by Gasteiger charge is -2.16. The Morgan fingerprint density at radius 2 is 1.81 bits per heavy atom. The van der Waals surface area contributed by atoms with Crippen molar-refractivity contribution < 1.29 is 14.2 Å². The number of rotatable bonds is 11. The summed E-state index contributed by atoms with van der Waals surface area (Å²) in [6.07, 6.45) is 0.962. The van der Waals surface area contributed by atoms with Gasteiger partial charge >= 0.3 is 0 Å². The van der Waals surface area contributed by atoms with E-state index in [0.717, 1.165) is 36.4 Å². The molecule has 0 heterocycles. The molecule has 0 atom stereocenters. The lowest BCUT2D eigenvalue weighted by Crippen LogP contribution is -2.16. The van der Waals surface area contributed by atoms with Crippen LogP contribution in [-0.4, -0.2) is 26.9 Å². The largest absolute Gasteiger partial charge is 0.490 e. The van der Waals surface area contributed by atoms with Crippen molar-refractivity contribution in [2.75, 3.05) is 26.9 Å². The summed E-state index contributed by atoms with van der Waals surface area (Å²) in [6.45, 7) is 7.40. The summed E-state index contributed by atoms with van der Waals surface area (Å²) < 4.78 is 16.8. The minimum absolute atomic E-state index is 0.484. The molecule has 1 N–H and O–H groups in total. The van der Waals surface area contributed by atoms with E-state index >= 15 is 0 Å². The topological polar surface area (TPSA) is 39.7 Å². The van der Waals surface area contributed by atoms with Gasteiger partial charge in [-0.05, 0) is 49.6 Å². The second-order valence-corrected chi connectivity index (χ2v) is 6.47. The van der Waals surface area contributed by atoms with E-state index in [1.165, 1.54) is 5.56 Å². The number of nitrogens with one attached hydrogen (secondary N) is 1. The highest BCUT2D eigenvalue weighted by molar-refractivity contribution is 6.31. The Balaban J connectivity index is 2.06. The predicted molar refractivity (Wildman–Crippen MR) is 106 cm³/mol. The third-order valence-electron chi connectivity index (χ3n) is 4.07. The average molecular weight is 378 g/mol. The van der Waals surface area contributed by atoms with Gasteiger partial charge in [0.1, 0.15) is 6.61 Å². The minimum Gasteiger partial charge on any atom is -0.490 e. The molecule has 0 saturated carbocycles. The van der Waals surface area contributed by atoms with Crippen LogP contribution in [-0.2, 0) is 17.9 Å². The van der Waals surface area contributed by atoms with Crippen LogP contribution in [0.4, 0.5) is 0 Å². The molecule has 0 aliphatic rings. The van der Waals surface area contributed by atoms with Crippen LogP contribution in [0.5, 0.6) is 11.5 Å². The van der Waals surface area contributed by atoms with Gasteiger partial charge in [0.25, 0.3) is 0 Å². The zero-order valence-corrected chi connectivity index (χ0v) is 16.6. The Bertz CT molecular complexity index is 691. The first-order valence-electron chi connectivity index (χ1n) is 8.97. The molecule has 4 nitrogen and oxygen atoms in total. The van der Waals surface area contributed by atoms with E-state index in [4.69, 9.17) is 25.8 Å². The van der Waals surface area contributed by atoms with Crippen molar-refractivity contribution in [3.63, 3.8) is 0 Å². The van der Waals surface area contributed by atoms with Crippen LogP contribution in [0.25, 0.3) is 0 Å². The standard InChI is InChI=1S/C21H28ClNO3/c1-4-25-20-12-18(14-23-10-7-11-24-3)19(22)13-21(20)26-15-17-9-6-5-8-16(17)2/h5-6,8-9,12-13,23H,4,7,10-11,14-15H2,1-3H3. The average Bonchev–Trinajstić information content (AvgIpc) is 2.63. The quantitative estimate of drug-likeness (QED) is 0.573. The molecule has 26 heavy (non-hydrogen) atoms. The predicted octanol–water partition coefficient (Wildman–Crippen LogP) is 4.75. The Labute approximate surface area is 161 Å². The van der Waals surface area contributed by atoms with Crippen LogP contribution in [0.15, 0.2) is 36.4 Å². The lowest BCUT2D eigenvalue weighted by atomic mass is 10.1. The van der Waals surface area contributed by atoms with E-state index in [-0.39, 0.29) is 0 Å². The van der Waals surface area contributed by atoms with Crippen LogP contribution in [0.1, 0.15) is 30.0 Å². The van der Waals surface area contributed by atoms with Crippen molar-refractivity contribution in [3.05, 3.63) is 58.1 Å². The van der Waals surface area contributed by atoms with Gasteiger partial charge in [-0.3, -0.25) is 0 Å². The molecule has 2 rings (SSSR count). The summed E-state index contributed by atoms with van der Waals surface area (Å²) >= 11 is 6.45. The van der Waals surface area contributed by atoms with E-state index in [0.29, 0.717) is 30.5 Å². The normalized spacial score (nSPS) is 10.8. The molecule has 2 aromatic carbocycles. The Hall–Kier alpha value is -1.75. The van der Waals surface area contributed by atoms with E-state index in [1.807, 2.05) is 31.2 Å². The summed E-state index contributed by atoms with van der Waals surface area (Å²) in [4.78, 5) is 0. The Morgan fingerprint density at radius 3 is 2.54 bits per heavy atom. The number of halogens is 1. The smallest absolute Gasteiger partial charge is 0.163 e. The lowest BCUT2D eigenvalue weighted by molar-refractivity contribution is 0.194. The maximum Gasteiger partial charge on any atom is 0.163 e. The molecule has 0 aromatic heterocycles. The fourth-order valence-electron chi connectivity index (χ4n) is 2.59. The van der Waals surface area contributed by atoms with E-state index in [1.54, 1.807) is 7.11 Å². The Morgan fingerprint density at radius 1 is 1.04 bits per heavy atom. The second-order valence-electron chi connectivity index (χ2n) is 6.06. The molecule has 0 radical (unpaired) electrons. The number of methoxy groups -OCH3 is 1. The van der Waals surface area contributed by atoms with E-state index < -0.39 is 0 Å². The molecule has 5 heteroatoms. The first kappa shape index (κ1) is 20.6. The molecule has 0 amide bonds. The van der Waals surface area contributed by atoms with Gasteiger partial charge in [0.15, 0.2) is 11.5 Å². The van der Waals surface area contributed by atoms with Gasteiger partial charge in [-0.1, -0.05) is 35.9 Å². The van der Waals surface area contributed by atoms with Gasteiger partial charge in [-0.25, -0.2) is 0 Å². The van der Waals surface area contributed by atoms with Crippen molar-refractivity contribution in [2.45, 2.75) is 33.4 Å². The number of hydrogen-bond acceptors (Lipinski definition) is 4. The third-order valence-corrected chi connectivity index (χ3v) is 4.43. The molecule has 0 unspecified atom stereocenters. The molecule has 0 bridgehead atoms. The van der Waals surface area contributed by atoms with Gasteiger partial charge in [-0.2, -0.15) is 0 Å². The molecule has 2 aromatic rings. The summed E-state index contributed by atoms with van der Waals surface area (Å²) in [7, 11) is 1.71. The first-order valence-corrected chi connectivity index (χ1v) is 9.35. The molecule has 0 fully saturated rings. The van der Waals surface area contributed by atoms with Crippen LogP contribution >= 0.6 is 11.6 Å². The van der Waals surface area contributed by atoms with Crippen LogP contribution < -0.4 is 14.8 Å². The monoisotopic (exact) mass is 377 g/mol. The molecule has 142 valence electrons. The van der Waals surface area contributed by atoms with Gasteiger partial charge in [-0.15, -0.1) is 0 Å². The van der Waals surface area contributed by atoms with Crippen molar-refractivity contribution >= 4 is 11.6 Å². The zero-order valence-electron chi connectivity index (χ0n) is 15.8. The molecule has 0 saturated heterocycles. The summed E-state index contributed by atoms with van der Waals surface area (Å²) in [5.74, 6) is 1.39. The summed E-state index contributed by atoms with van der Waals surface area (Å²) in [5.41, 5.74) is 3.35. The molecule has 0 spiro atoms. The van der Waals surface area contributed by atoms with Crippen molar-refractivity contribution in [1.82, 2.24) is 5.32 Å². The zero-order chi connectivity index (χ0) is 18.8. The van der Waals surface area contributed by atoms with Crippen LogP contribution in [0.3, 0.4) is 0 Å². The highest BCUT2D eigenvalue weighted by atomic mass is 35.5. The van der Waals surface area contributed by atoms with Crippen LogP contribution in [0, 0.1) is 6.92 Å².